The molecule has 3 aromatic rings. The van der Waals surface area contributed by atoms with E-state index in [-0.39, 0.29) is 19.0 Å². The van der Waals surface area contributed by atoms with Gasteiger partial charge >= 0.3 is 5.97 Å². The molecule has 0 saturated heterocycles. The Morgan fingerprint density at radius 1 is 1.24 bits per heavy atom. The first kappa shape index (κ1) is 23.1. The first-order chi connectivity index (χ1) is 16.4. The van der Waals surface area contributed by atoms with Crippen molar-refractivity contribution in [2.75, 3.05) is 13.4 Å². The molecule has 7 nitrogen and oxygen atoms in total. The smallest absolute Gasteiger partial charge is 0.338 e. The number of carbonyl (C=O) groups is 1. The van der Waals surface area contributed by atoms with Crippen LogP contribution in [0.5, 0.6) is 11.5 Å². The van der Waals surface area contributed by atoms with Gasteiger partial charge in [0.05, 0.1) is 28.5 Å². The Hall–Kier alpha value is -2.69. The van der Waals surface area contributed by atoms with Gasteiger partial charge in [0.25, 0.3) is 5.56 Å². The Morgan fingerprint density at radius 2 is 1.94 bits per heavy atom. The molecule has 0 amide bonds. The van der Waals surface area contributed by atoms with Crippen molar-refractivity contribution in [2.24, 2.45) is 4.99 Å². The van der Waals surface area contributed by atoms with Crippen LogP contribution in [0.1, 0.15) is 31.0 Å². The largest absolute Gasteiger partial charge is 0.463 e. The maximum Gasteiger partial charge on any atom is 0.338 e. The quantitative estimate of drug-likeness (QED) is 0.419. The van der Waals surface area contributed by atoms with E-state index in [1.807, 2.05) is 36.4 Å². The zero-order valence-corrected chi connectivity index (χ0v) is 22.1. The van der Waals surface area contributed by atoms with Gasteiger partial charge in [-0.15, -0.1) is 0 Å². The summed E-state index contributed by atoms with van der Waals surface area (Å²) < 4.78 is 19.9. The Kier molecular flexibility index (Phi) is 6.22. The fraction of sp³-hybridized carbons (Fsp3) is 0.208. The summed E-state index contributed by atoms with van der Waals surface area (Å²) in [5, 5.41) is 0. The summed E-state index contributed by atoms with van der Waals surface area (Å²) in [6.07, 6.45) is 1.79. The number of hydrogen-bond acceptors (Lipinski definition) is 7. The number of halogens is 2. The van der Waals surface area contributed by atoms with Crippen molar-refractivity contribution in [2.45, 2.75) is 19.9 Å². The molecule has 0 N–H and O–H groups in total. The second-order valence-electron chi connectivity index (χ2n) is 7.58. The third-order valence-corrected chi connectivity index (χ3v) is 7.68. The van der Waals surface area contributed by atoms with E-state index in [2.05, 4.69) is 36.9 Å². The lowest BCUT2D eigenvalue weighted by Crippen LogP contribution is -2.39. The average molecular weight is 606 g/mol. The number of hydrogen-bond donors (Lipinski definition) is 0. The molecule has 0 unspecified atom stereocenters. The highest BCUT2D eigenvalue weighted by atomic mass is 79.9. The summed E-state index contributed by atoms with van der Waals surface area (Å²) in [5.74, 6) is 0.787. The van der Waals surface area contributed by atoms with Crippen LogP contribution in [0, 0.1) is 0 Å². The van der Waals surface area contributed by atoms with Crippen molar-refractivity contribution in [3.63, 3.8) is 0 Å². The number of allylic oxidation sites excluding steroid dienone is 1. The molecule has 0 radical (unpaired) electrons. The molecule has 174 valence electrons. The topological polar surface area (TPSA) is 79.1 Å². The van der Waals surface area contributed by atoms with Crippen molar-refractivity contribution in [1.29, 1.82) is 0 Å². The molecule has 2 aromatic carbocycles. The highest BCUT2D eigenvalue weighted by molar-refractivity contribution is 9.10. The molecule has 2 aliphatic rings. The van der Waals surface area contributed by atoms with E-state index in [1.165, 1.54) is 11.3 Å². The zero-order chi connectivity index (χ0) is 24.0. The summed E-state index contributed by atoms with van der Waals surface area (Å²) in [4.78, 5) is 31.7. The summed E-state index contributed by atoms with van der Waals surface area (Å²) in [7, 11) is 0. The molecule has 0 spiro atoms. The zero-order valence-electron chi connectivity index (χ0n) is 18.1. The lowest BCUT2D eigenvalue weighted by atomic mass is 9.96. The molecular formula is C24H18Br2N2O5S. The third kappa shape index (κ3) is 4.03. The van der Waals surface area contributed by atoms with Gasteiger partial charge in [0.1, 0.15) is 0 Å². The molecule has 3 heterocycles. The molecule has 34 heavy (non-hydrogen) atoms. The SMILES string of the molecule is CCOC(=O)C1=C(C)N=c2s/c(=C\c3cc4c(cc3Br)OCO4)c(=O)n2[C@H]1c1ccc(Br)cc1. The molecular weight excluding hydrogens is 588 g/mol. The monoisotopic (exact) mass is 604 g/mol. The molecule has 0 saturated carbocycles. The van der Waals surface area contributed by atoms with Gasteiger partial charge in [0, 0.05) is 8.95 Å². The van der Waals surface area contributed by atoms with Gasteiger partial charge < -0.3 is 14.2 Å². The van der Waals surface area contributed by atoms with Crippen molar-refractivity contribution in [3.05, 3.63) is 87.4 Å². The number of fused-ring (bicyclic) bond motifs is 2. The minimum Gasteiger partial charge on any atom is -0.463 e. The highest BCUT2D eigenvalue weighted by Crippen LogP contribution is 2.37. The first-order valence-corrected chi connectivity index (χ1v) is 12.8. The van der Waals surface area contributed by atoms with Crippen molar-refractivity contribution in [1.82, 2.24) is 4.57 Å². The van der Waals surface area contributed by atoms with Crippen LogP contribution in [0.3, 0.4) is 0 Å². The van der Waals surface area contributed by atoms with Crippen LogP contribution in [0.25, 0.3) is 6.08 Å². The minimum absolute atomic E-state index is 0.163. The normalized spacial score (nSPS) is 16.9. The Bertz CT molecular complexity index is 1520. The predicted molar refractivity (Wildman–Crippen MR) is 135 cm³/mol. The number of thiazole rings is 1. The van der Waals surface area contributed by atoms with E-state index in [0.717, 1.165) is 20.1 Å². The number of rotatable bonds is 4. The number of nitrogens with zero attached hydrogens (tertiary/aromatic N) is 2. The van der Waals surface area contributed by atoms with Gasteiger partial charge in [0.15, 0.2) is 16.3 Å². The minimum atomic E-state index is -0.647. The fourth-order valence-corrected chi connectivity index (χ4v) is 5.68. The van der Waals surface area contributed by atoms with E-state index in [4.69, 9.17) is 14.2 Å². The second-order valence-corrected chi connectivity index (χ2v) is 10.4. The molecule has 0 aliphatic carbocycles. The maximum atomic E-state index is 13.7. The first-order valence-electron chi connectivity index (χ1n) is 10.4. The van der Waals surface area contributed by atoms with E-state index >= 15 is 0 Å². The number of esters is 1. The number of aromatic nitrogens is 1. The van der Waals surface area contributed by atoms with E-state index < -0.39 is 12.0 Å². The molecule has 1 atom stereocenters. The summed E-state index contributed by atoms with van der Waals surface area (Å²) in [6, 6.07) is 10.5. The van der Waals surface area contributed by atoms with Gasteiger partial charge in [-0.1, -0.05) is 55.3 Å². The van der Waals surface area contributed by atoms with Crippen LogP contribution in [0.4, 0.5) is 0 Å². The van der Waals surface area contributed by atoms with Gasteiger partial charge in [-0.3, -0.25) is 9.36 Å². The summed E-state index contributed by atoms with van der Waals surface area (Å²) in [5.41, 5.74) is 2.21. The Balaban J connectivity index is 1.71. The standard InChI is InChI=1S/C24H18Br2N2O5S/c1-3-31-23(30)20-12(2)27-24-28(21(20)13-4-6-15(25)7-5-13)22(29)19(34-24)9-14-8-17-18(10-16(14)26)33-11-32-17/h4-10,21H,3,11H2,1-2H3/b19-9-/t21-/m0/s1. The summed E-state index contributed by atoms with van der Waals surface area (Å²) in [6.45, 7) is 3.91. The second kappa shape index (κ2) is 9.16. The highest BCUT2D eigenvalue weighted by Gasteiger charge is 2.33. The van der Waals surface area contributed by atoms with Crippen LogP contribution in [0.15, 0.2) is 66.4 Å². The van der Waals surface area contributed by atoms with Crippen LogP contribution < -0.4 is 24.4 Å². The van der Waals surface area contributed by atoms with Gasteiger partial charge in [-0.2, -0.15) is 0 Å². The molecule has 1 aromatic heterocycles. The van der Waals surface area contributed by atoms with Crippen LogP contribution >= 0.6 is 43.2 Å². The van der Waals surface area contributed by atoms with Crippen molar-refractivity contribution >= 4 is 55.2 Å². The maximum absolute atomic E-state index is 13.7. The summed E-state index contributed by atoms with van der Waals surface area (Å²) >= 11 is 8.27. The molecule has 2 aliphatic heterocycles. The van der Waals surface area contributed by atoms with Gasteiger partial charge in [0.2, 0.25) is 6.79 Å². The lowest BCUT2D eigenvalue weighted by molar-refractivity contribution is -0.139. The van der Waals surface area contributed by atoms with Crippen LogP contribution in [0.2, 0.25) is 0 Å². The van der Waals surface area contributed by atoms with E-state index in [1.54, 1.807) is 24.5 Å². The Morgan fingerprint density at radius 3 is 2.65 bits per heavy atom. The van der Waals surface area contributed by atoms with Crippen LogP contribution in [-0.2, 0) is 9.53 Å². The third-order valence-electron chi connectivity index (χ3n) is 5.48. The molecule has 10 heteroatoms. The number of carbonyl (C=O) groups excluding carboxylic acids is 1. The van der Waals surface area contributed by atoms with Crippen LogP contribution in [-0.4, -0.2) is 23.9 Å². The van der Waals surface area contributed by atoms with E-state index in [9.17, 15) is 9.59 Å². The molecule has 5 rings (SSSR count). The van der Waals surface area contributed by atoms with Gasteiger partial charge in [-0.25, -0.2) is 9.79 Å². The number of benzene rings is 2. The van der Waals surface area contributed by atoms with E-state index in [0.29, 0.717) is 32.1 Å². The van der Waals surface area contributed by atoms with Crippen molar-refractivity contribution in [3.8, 4) is 11.5 Å². The van der Waals surface area contributed by atoms with Gasteiger partial charge in [-0.05, 0) is 55.3 Å². The lowest BCUT2D eigenvalue weighted by Gasteiger charge is -2.24. The fourth-order valence-electron chi connectivity index (χ4n) is 3.94. The molecule has 0 fully saturated rings. The average Bonchev–Trinajstić information content (AvgIpc) is 3.37. The Labute approximate surface area is 215 Å². The van der Waals surface area contributed by atoms with Crippen molar-refractivity contribution < 1.29 is 19.0 Å². The molecule has 0 bridgehead atoms. The number of ether oxygens (including phenoxy) is 3. The predicted octanol–water partition coefficient (Wildman–Crippen LogP) is 4.05.